The molecule has 0 aliphatic heterocycles. The van der Waals surface area contributed by atoms with Crippen LogP contribution in [0.3, 0.4) is 0 Å². The van der Waals surface area contributed by atoms with Gasteiger partial charge < -0.3 is 16.0 Å². The first-order valence-electron chi connectivity index (χ1n) is 12.5. The third kappa shape index (κ3) is 15.3. The summed E-state index contributed by atoms with van der Waals surface area (Å²) >= 11 is 0. The van der Waals surface area contributed by atoms with E-state index >= 15 is 0 Å². The van der Waals surface area contributed by atoms with Gasteiger partial charge in [-0.25, -0.2) is 0 Å². The molecule has 0 atom stereocenters. The van der Waals surface area contributed by atoms with Crippen molar-refractivity contribution in [1.82, 2.24) is 16.0 Å². The van der Waals surface area contributed by atoms with Crippen LogP contribution in [0.5, 0.6) is 0 Å². The van der Waals surface area contributed by atoms with E-state index in [0.717, 1.165) is 55.6 Å². The molecule has 3 aliphatic rings. The van der Waals surface area contributed by atoms with Gasteiger partial charge in [0.25, 0.3) is 0 Å². The summed E-state index contributed by atoms with van der Waals surface area (Å²) in [6, 6.07) is 0. The predicted molar refractivity (Wildman–Crippen MR) is 149 cm³/mol. The van der Waals surface area contributed by atoms with Crippen molar-refractivity contribution in [2.75, 3.05) is 19.6 Å². The average Bonchev–Trinajstić information content (AvgIpc) is 2.89. The van der Waals surface area contributed by atoms with Crippen LogP contribution >= 0.6 is 0 Å². The summed E-state index contributed by atoms with van der Waals surface area (Å²) < 4.78 is 0. The van der Waals surface area contributed by atoms with Crippen LogP contribution in [-0.4, -0.2) is 37.0 Å². The van der Waals surface area contributed by atoms with E-state index in [-0.39, 0.29) is 34.4 Å². The molecule has 0 amide bonds. The van der Waals surface area contributed by atoms with Crippen molar-refractivity contribution in [2.24, 2.45) is 0 Å². The van der Waals surface area contributed by atoms with E-state index in [9.17, 15) is 14.4 Å². The standard InChI is InChI=1S/3C10H13NO.Fe/c3*1-2-7-11-8-9-5-3-4-6-10(9)12;/h3*3-6,8,11H,2,7H2,1H3;/b3*9-8-;. The molecule has 0 aromatic heterocycles. The SMILES string of the molecule is CCCN/C=C1/C=CC=CC1=O.CCCN/C=C1/C=CC=CC1=O.CCCN/C=C1/C=CC=CC1=O.[Fe]. The maximum atomic E-state index is 11.1. The minimum Gasteiger partial charge on any atom is -0.390 e. The van der Waals surface area contributed by atoms with Crippen molar-refractivity contribution in [1.29, 1.82) is 0 Å². The molecular formula is C30H39FeN3O3. The number of carbonyl (C=O) groups is 3. The molecule has 200 valence electrons. The summed E-state index contributed by atoms with van der Waals surface area (Å²) in [6.45, 7) is 8.99. The molecule has 0 unspecified atom stereocenters. The Bertz CT molecular complexity index is 881. The zero-order valence-electron chi connectivity index (χ0n) is 22.0. The van der Waals surface area contributed by atoms with Crippen molar-refractivity contribution >= 4 is 17.3 Å². The van der Waals surface area contributed by atoms with E-state index in [1.807, 2.05) is 36.5 Å². The maximum Gasteiger partial charge on any atom is 0.187 e. The quantitative estimate of drug-likeness (QED) is 0.221. The largest absolute Gasteiger partial charge is 0.390 e. The van der Waals surface area contributed by atoms with E-state index in [4.69, 9.17) is 0 Å². The Labute approximate surface area is 232 Å². The minimum atomic E-state index is 0. The predicted octanol–water partition coefficient (Wildman–Crippen LogP) is 4.69. The van der Waals surface area contributed by atoms with Crippen LogP contribution in [0.25, 0.3) is 0 Å². The number of rotatable bonds is 9. The van der Waals surface area contributed by atoms with Gasteiger partial charge in [-0.15, -0.1) is 0 Å². The van der Waals surface area contributed by atoms with Crippen molar-refractivity contribution < 1.29 is 31.5 Å². The molecule has 0 heterocycles. The second kappa shape index (κ2) is 21.8. The molecule has 37 heavy (non-hydrogen) atoms. The molecule has 3 N–H and O–H groups in total. The Morgan fingerprint density at radius 2 is 0.730 bits per heavy atom. The minimum absolute atomic E-state index is 0. The summed E-state index contributed by atoms with van der Waals surface area (Å²) in [7, 11) is 0. The summed E-state index contributed by atoms with van der Waals surface area (Å²) in [4.78, 5) is 33.4. The Morgan fingerprint density at radius 3 is 0.946 bits per heavy atom. The van der Waals surface area contributed by atoms with Crippen molar-refractivity contribution in [3.8, 4) is 0 Å². The molecule has 3 rings (SSSR count). The number of allylic oxidation sites excluding steroid dienone is 15. The van der Waals surface area contributed by atoms with Crippen molar-refractivity contribution in [3.63, 3.8) is 0 Å². The first-order chi connectivity index (χ1) is 17.5. The van der Waals surface area contributed by atoms with Crippen LogP contribution in [-0.2, 0) is 31.5 Å². The first-order valence-corrected chi connectivity index (χ1v) is 12.5. The van der Waals surface area contributed by atoms with E-state index < -0.39 is 0 Å². The van der Waals surface area contributed by atoms with Crippen LogP contribution < -0.4 is 16.0 Å². The number of hydrogen-bond acceptors (Lipinski definition) is 6. The third-order valence-electron chi connectivity index (χ3n) is 4.71. The smallest absolute Gasteiger partial charge is 0.187 e. The fourth-order valence-electron chi connectivity index (χ4n) is 2.78. The average molecular weight is 546 g/mol. The number of ketones is 3. The molecule has 0 bridgehead atoms. The first kappa shape index (κ1) is 33.6. The monoisotopic (exact) mass is 545 g/mol. The molecule has 7 heteroatoms. The van der Waals surface area contributed by atoms with Crippen LogP contribution in [0.4, 0.5) is 0 Å². The second-order valence-corrected chi connectivity index (χ2v) is 7.91. The summed E-state index contributed by atoms with van der Waals surface area (Å²) in [5, 5.41) is 9.20. The van der Waals surface area contributed by atoms with Gasteiger partial charge in [-0.1, -0.05) is 57.2 Å². The van der Waals surface area contributed by atoms with Crippen LogP contribution in [0.2, 0.25) is 0 Å². The zero-order chi connectivity index (χ0) is 26.4. The van der Waals surface area contributed by atoms with Gasteiger partial charge in [-0.2, -0.15) is 0 Å². The van der Waals surface area contributed by atoms with Crippen LogP contribution in [0, 0.1) is 0 Å². The molecule has 0 spiro atoms. The fraction of sp³-hybridized carbons (Fsp3) is 0.300. The van der Waals surface area contributed by atoms with Gasteiger partial charge in [0.2, 0.25) is 0 Å². The summed E-state index contributed by atoms with van der Waals surface area (Å²) in [6.07, 6.45) is 29.5. The Kier molecular flexibility index (Phi) is 19.8. The van der Waals surface area contributed by atoms with Gasteiger partial charge in [0.1, 0.15) is 0 Å². The van der Waals surface area contributed by atoms with Gasteiger partial charge in [-0.3, -0.25) is 14.4 Å². The molecule has 0 radical (unpaired) electrons. The molecule has 0 aromatic carbocycles. The number of carbonyl (C=O) groups excluding carboxylic acids is 3. The van der Waals surface area contributed by atoms with E-state index in [2.05, 4.69) is 36.7 Å². The van der Waals surface area contributed by atoms with Gasteiger partial charge in [0, 0.05) is 72.0 Å². The summed E-state index contributed by atoms with van der Waals surface area (Å²) in [5.41, 5.74) is 2.18. The van der Waals surface area contributed by atoms with E-state index in [0.29, 0.717) is 0 Å². The van der Waals surface area contributed by atoms with E-state index in [1.54, 1.807) is 55.1 Å². The molecule has 0 saturated heterocycles. The number of hydrogen-bond donors (Lipinski definition) is 3. The second-order valence-electron chi connectivity index (χ2n) is 7.91. The third-order valence-corrected chi connectivity index (χ3v) is 4.71. The molecule has 6 nitrogen and oxygen atoms in total. The van der Waals surface area contributed by atoms with Crippen LogP contribution in [0.15, 0.2) is 108 Å². The van der Waals surface area contributed by atoms with Gasteiger partial charge in [0.15, 0.2) is 17.3 Å². The maximum absolute atomic E-state index is 11.1. The van der Waals surface area contributed by atoms with Crippen LogP contribution in [0.1, 0.15) is 40.0 Å². The van der Waals surface area contributed by atoms with Crippen molar-refractivity contribution in [3.05, 3.63) is 108 Å². The van der Waals surface area contributed by atoms with Gasteiger partial charge in [0.05, 0.1) is 0 Å². The topological polar surface area (TPSA) is 87.3 Å². The molecule has 0 saturated carbocycles. The Morgan fingerprint density at radius 1 is 0.486 bits per heavy atom. The normalized spacial score (nSPS) is 18.2. The molecular weight excluding hydrogens is 506 g/mol. The van der Waals surface area contributed by atoms with Crippen molar-refractivity contribution in [2.45, 2.75) is 40.0 Å². The zero-order valence-corrected chi connectivity index (χ0v) is 23.1. The van der Waals surface area contributed by atoms with Gasteiger partial charge in [-0.05, 0) is 55.7 Å². The van der Waals surface area contributed by atoms with E-state index in [1.165, 1.54) is 0 Å². The number of nitrogens with one attached hydrogen (secondary N) is 3. The molecule has 0 aromatic rings. The van der Waals surface area contributed by atoms with Gasteiger partial charge >= 0.3 is 0 Å². The Balaban J connectivity index is 0.000000518. The molecule has 3 aliphatic carbocycles. The molecule has 0 fully saturated rings. The fourth-order valence-corrected chi connectivity index (χ4v) is 2.78. The summed E-state index contributed by atoms with van der Waals surface area (Å²) in [5.74, 6) is 0.211. The Hall–Kier alpha value is -3.41.